The standard InChI is InChI=1S/C19H14ClFN6O2/c1-10(11-2-4-13(21)5-3-11)25-19-16(27(28)29)9-24-18(26-19)15-8-23-17-14(15)6-12(20)7-22-17/h2-10H,1H3,(H,22,23)(H,24,25,26)/t10-/m0/s1. The minimum atomic E-state index is -0.558. The number of pyridine rings is 1. The summed E-state index contributed by atoms with van der Waals surface area (Å²) in [6.07, 6.45) is 4.33. The van der Waals surface area contributed by atoms with E-state index in [4.69, 9.17) is 11.6 Å². The molecule has 0 aliphatic heterocycles. The van der Waals surface area contributed by atoms with Crippen LogP contribution in [-0.4, -0.2) is 24.9 Å². The Hall–Kier alpha value is -3.59. The summed E-state index contributed by atoms with van der Waals surface area (Å²) < 4.78 is 13.2. The second kappa shape index (κ2) is 7.44. The molecule has 29 heavy (non-hydrogen) atoms. The Morgan fingerprint density at radius 3 is 2.72 bits per heavy atom. The zero-order valence-corrected chi connectivity index (χ0v) is 15.8. The number of hydrogen-bond acceptors (Lipinski definition) is 6. The molecule has 0 aliphatic carbocycles. The number of H-pyrrole nitrogens is 1. The SMILES string of the molecule is C[C@H](Nc1nc(-c2c[nH]c3ncc(Cl)cc23)ncc1[N+](=O)[O-])c1ccc(F)cc1. The number of benzene rings is 1. The van der Waals surface area contributed by atoms with E-state index in [1.807, 2.05) is 0 Å². The summed E-state index contributed by atoms with van der Waals surface area (Å²) >= 11 is 6.04. The van der Waals surface area contributed by atoms with Crippen LogP contribution in [0.5, 0.6) is 0 Å². The van der Waals surface area contributed by atoms with Gasteiger partial charge in [0.2, 0.25) is 5.82 Å². The number of rotatable bonds is 5. The molecule has 4 aromatic rings. The van der Waals surface area contributed by atoms with Gasteiger partial charge in [0.25, 0.3) is 0 Å². The molecular formula is C19H14ClFN6O2. The molecule has 3 aromatic heterocycles. The van der Waals surface area contributed by atoms with Gasteiger partial charge < -0.3 is 10.3 Å². The van der Waals surface area contributed by atoms with Gasteiger partial charge >= 0.3 is 5.69 Å². The Labute approximate surface area is 168 Å². The van der Waals surface area contributed by atoms with Crippen LogP contribution in [0.4, 0.5) is 15.9 Å². The van der Waals surface area contributed by atoms with Gasteiger partial charge in [0, 0.05) is 23.3 Å². The Morgan fingerprint density at radius 2 is 2.00 bits per heavy atom. The van der Waals surface area contributed by atoms with Crippen LogP contribution in [-0.2, 0) is 0 Å². The molecular weight excluding hydrogens is 399 g/mol. The minimum Gasteiger partial charge on any atom is -0.358 e. The van der Waals surface area contributed by atoms with Gasteiger partial charge in [-0.25, -0.2) is 19.3 Å². The van der Waals surface area contributed by atoms with Crippen molar-refractivity contribution in [2.75, 3.05) is 5.32 Å². The highest BCUT2D eigenvalue weighted by Gasteiger charge is 2.21. The van der Waals surface area contributed by atoms with Gasteiger partial charge in [-0.2, -0.15) is 0 Å². The molecule has 146 valence electrons. The molecule has 0 amide bonds. The summed E-state index contributed by atoms with van der Waals surface area (Å²) in [7, 11) is 0. The number of halogens is 2. The molecule has 0 aliphatic rings. The van der Waals surface area contributed by atoms with Gasteiger partial charge in [0.05, 0.1) is 16.0 Å². The van der Waals surface area contributed by atoms with Crippen LogP contribution in [0, 0.1) is 15.9 Å². The summed E-state index contributed by atoms with van der Waals surface area (Å²) in [4.78, 5) is 26.6. The zero-order chi connectivity index (χ0) is 20.5. The summed E-state index contributed by atoms with van der Waals surface area (Å²) in [6, 6.07) is 7.24. The molecule has 4 rings (SSSR count). The number of aromatic nitrogens is 4. The molecule has 8 nitrogen and oxygen atoms in total. The second-order valence-electron chi connectivity index (χ2n) is 6.35. The number of nitrogens with zero attached hydrogens (tertiary/aromatic N) is 4. The van der Waals surface area contributed by atoms with Crippen LogP contribution in [0.1, 0.15) is 18.5 Å². The number of aromatic amines is 1. The van der Waals surface area contributed by atoms with E-state index < -0.39 is 4.92 Å². The summed E-state index contributed by atoms with van der Waals surface area (Å²) in [5.41, 5.74) is 1.70. The quantitative estimate of drug-likeness (QED) is 0.356. The smallest absolute Gasteiger partial charge is 0.329 e. The predicted octanol–water partition coefficient (Wildman–Crippen LogP) is 4.89. The Kier molecular flexibility index (Phi) is 4.81. The third kappa shape index (κ3) is 3.72. The largest absolute Gasteiger partial charge is 0.358 e. The van der Waals surface area contributed by atoms with Crippen LogP contribution in [0.3, 0.4) is 0 Å². The maximum Gasteiger partial charge on any atom is 0.329 e. The van der Waals surface area contributed by atoms with E-state index in [9.17, 15) is 14.5 Å². The third-order valence-corrected chi connectivity index (χ3v) is 4.63. The van der Waals surface area contributed by atoms with Crippen LogP contribution >= 0.6 is 11.6 Å². The van der Waals surface area contributed by atoms with Gasteiger partial charge in [-0.05, 0) is 30.7 Å². The maximum atomic E-state index is 13.2. The first kappa shape index (κ1) is 18.8. The molecule has 10 heteroatoms. The minimum absolute atomic E-state index is 0.0566. The van der Waals surface area contributed by atoms with Crippen molar-refractivity contribution < 1.29 is 9.31 Å². The molecule has 0 unspecified atom stereocenters. The highest BCUT2D eigenvalue weighted by Crippen LogP contribution is 2.31. The third-order valence-electron chi connectivity index (χ3n) is 4.43. The first-order valence-electron chi connectivity index (χ1n) is 8.59. The van der Waals surface area contributed by atoms with Crippen molar-refractivity contribution in [3.63, 3.8) is 0 Å². The van der Waals surface area contributed by atoms with Gasteiger partial charge in [-0.15, -0.1) is 0 Å². The molecule has 3 heterocycles. The van der Waals surface area contributed by atoms with Crippen LogP contribution < -0.4 is 5.32 Å². The first-order valence-corrected chi connectivity index (χ1v) is 8.96. The van der Waals surface area contributed by atoms with Crippen molar-refractivity contribution in [2.45, 2.75) is 13.0 Å². The van der Waals surface area contributed by atoms with E-state index in [1.165, 1.54) is 18.3 Å². The number of nitro groups is 1. The molecule has 0 saturated carbocycles. The number of anilines is 1. The Morgan fingerprint density at radius 1 is 1.24 bits per heavy atom. The Balaban J connectivity index is 1.75. The lowest BCUT2D eigenvalue weighted by Crippen LogP contribution is -2.11. The maximum absolute atomic E-state index is 13.2. The number of hydrogen-bond donors (Lipinski definition) is 2. The van der Waals surface area contributed by atoms with Crippen LogP contribution in [0.2, 0.25) is 5.02 Å². The number of fused-ring (bicyclic) bond motifs is 1. The Bertz CT molecular complexity index is 1210. The van der Waals surface area contributed by atoms with E-state index >= 15 is 0 Å². The monoisotopic (exact) mass is 412 g/mol. The van der Waals surface area contributed by atoms with Crippen LogP contribution in [0.15, 0.2) is 48.9 Å². The van der Waals surface area contributed by atoms with Crippen molar-refractivity contribution in [1.82, 2.24) is 19.9 Å². The van der Waals surface area contributed by atoms with Crippen molar-refractivity contribution in [3.05, 3.63) is 75.4 Å². The molecule has 2 N–H and O–H groups in total. The molecule has 1 aromatic carbocycles. The zero-order valence-electron chi connectivity index (χ0n) is 15.1. The van der Waals surface area contributed by atoms with Crippen molar-refractivity contribution in [3.8, 4) is 11.4 Å². The van der Waals surface area contributed by atoms with Crippen molar-refractivity contribution >= 4 is 34.1 Å². The van der Waals surface area contributed by atoms with E-state index in [-0.39, 0.29) is 29.2 Å². The average Bonchev–Trinajstić information content (AvgIpc) is 3.11. The van der Waals surface area contributed by atoms with Gasteiger partial charge in [0.1, 0.15) is 17.7 Å². The fourth-order valence-electron chi connectivity index (χ4n) is 2.95. The van der Waals surface area contributed by atoms with Gasteiger partial charge in [-0.3, -0.25) is 10.1 Å². The predicted molar refractivity (Wildman–Crippen MR) is 107 cm³/mol. The van der Waals surface area contributed by atoms with E-state index in [0.29, 0.717) is 21.6 Å². The fraction of sp³-hybridized carbons (Fsp3) is 0.105. The fourth-order valence-corrected chi connectivity index (χ4v) is 3.11. The second-order valence-corrected chi connectivity index (χ2v) is 6.79. The highest BCUT2D eigenvalue weighted by molar-refractivity contribution is 6.31. The van der Waals surface area contributed by atoms with Gasteiger partial charge in [-0.1, -0.05) is 23.7 Å². The van der Waals surface area contributed by atoms with Gasteiger partial charge in [0.15, 0.2) is 5.82 Å². The van der Waals surface area contributed by atoms with E-state index in [1.54, 1.807) is 31.3 Å². The first-order chi connectivity index (χ1) is 13.9. The lowest BCUT2D eigenvalue weighted by Gasteiger charge is -2.15. The lowest BCUT2D eigenvalue weighted by atomic mass is 10.1. The topological polar surface area (TPSA) is 110 Å². The lowest BCUT2D eigenvalue weighted by molar-refractivity contribution is -0.384. The van der Waals surface area contributed by atoms with E-state index in [0.717, 1.165) is 11.8 Å². The molecule has 0 fully saturated rings. The van der Waals surface area contributed by atoms with Crippen LogP contribution in [0.25, 0.3) is 22.4 Å². The molecule has 0 bridgehead atoms. The summed E-state index contributed by atoms with van der Waals surface area (Å²) in [5, 5.41) is 15.6. The summed E-state index contributed by atoms with van der Waals surface area (Å²) in [5.74, 6) is -0.0243. The molecule has 0 spiro atoms. The highest BCUT2D eigenvalue weighted by atomic mass is 35.5. The van der Waals surface area contributed by atoms with E-state index in [2.05, 4.69) is 25.3 Å². The molecule has 0 saturated heterocycles. The number of nitrogens with one attached hydrogen (secondary N) is 2. The molecule has 0 radical (unpaired) electrons. The summed E-state index contributed by atoms with van der Waals surface area (Å²) in [6.45, 7) is 1.80. The van der Waals surface area contributed by atoms with Crippen molar-refractivity contribution in [2.24, 2.45) is 0 Å². The van der Waals surface area contributed by atoms with Crippen molar-refractivity contribution in [1.29, 1.82) is 0 Å². The average molecular weight is 413 g/mol. The molecule has 1 atom stereocenters. The normalized spacial score (nSPS) is 12.1.